The van der Waals surface area contributed by atoms with Crippen molar-refractivity contribution < 1.29 is 40.2 Å². The van der Waals surface area contributed by atoms with Crippen molar-refractivity contribution in [2.24, 2.45) is 58.0 Å². The molecule has 4 saturated carbocycles. The number of ether oxygens (including phenoxy) is 1. The first-order chi connectivity index (χ1) is 24.7. The fraction of sp³-hybridized carbons (Fsp3) is 0.929. The Morgan fingerprint density at radius 1 is 1.00 bits per heavy atom. The average Bonchev–Trinajstić information content (AvgIpc) is 3.51. The molecule has 2 saturated heterocycles. The number of carbonyl (C=O) groups excluding carboxylic acids is 1. The van der Waals surface area contributed by atoms with Crippen LogP contribution in [0.25, 0.3) is 0 Å². The molecule has 2 aliphatic heterocycles. The fourth-order valence-electron chi connectivity index (χ4n) is 14.0. The molecule has 7 rings (SSSR count). The van der Waals surface area contributed by atoms with E-state index < -0.39 is 58.3 Å². The van der Waals surface area contributed by atoms with Crippen molar-refractivity contribution in [3.05, 3.63) is 11.6 Å². The predicted molar refractivity (Wildman–Crippen MR) is 198 cm³/mol. The van der Waals surface area contributed by atoms with Crippen LogP contribution in [0.3, 0.4) is 0 Å². The first-order valence-electron chi connectivity index (χ1n) is 21.2. The minimum Gasteiger partial charge on any atom is -0.396 e. The van der Waals surface area contributed by atoms with Crippen molar-refractivity contribution in [1.29, 1.82) is 0 Å². The largest absolute Gasteiger partial charge is 0.396 e. The van der Waals surface area contributed by atoms with E-state index >= 15 is 0 Å². The number of ketones is 1. The summed E-state index contributed by atoms with van der Waals surface area (Å²) in [6.07, 6.45) is 11.0. The molecular weight excluding hydrogens is 660 g/mol. The molecule has 0 aromatic rings. The maximum absolute atomic E-state index is 14.3. The highest BCUT2D eigenvalue weighted by Gasteiger charge is 2.71. The Hall–Kier alpha value is -0.950. The third kappa shape index (κ3) is 6.30. The van der Waals surface area contributed by atoms with Crippen molar-refractivity contribution >= 4 is 5.78 Å². The van der Waals surface area contributed by atoms with Crippen LogP contribution in [0.1, 0.15) is 130 Å². The van der Waals surface area contributed by atoms with Crippen LogP contribution in [0.5, 0.6) is 0 Å². The molecule has 0 bridgehead atoms. The number of piperidine rings is 1. The molecule has 10 heteroatoms. The van der Waals surface area contributed by atoms with Gasteiger partial charge in [0.2, 0.25) is 0 Å². The van der Waals surface area contributed by atoms with Crippen LogP contribution in [0, 0.1) is 52.3 Å². The highest BCUT2D eigenvalue weighted by Crippen LogP contribution is 2.71. The number of nitrogens with two attached hydrogens (primary N) is 1. The van der Waals surface area contributed by atoms with E-state index in [0.29, 0.717) is 55.9 Å². The lowest BCUT2D eigenvalue weighted by atomic mass is 9.43. The normalized spacial score (nSPS) is 49.5. The first kappa shape index (κ1) is 39.3. The molecule has 2 unspecified atom stereocenters. The summed E-state index contributed by atoms with van der Waals surface area (Å²) >= 11 is 0. The molecule has 296 valence electrons. The van der Waals surface area contributed by atoms with Crippen molar-refractivity contribution in [2.75, 3.05) is 13.2 Å². The van der Waals surface area contributed by atoms with Crippen molar-refractivity contribution in [3.63, 3.8) is 0 Å². The lowest BCUT2D eigenvalue weighted by Gasteiger charge is -2.62. The number of aliphatic hydroxyl groups is 6. The Bertz CT molecular complexity index is 1320. The molecule has 9 N–H and O–H groups in total. The number of hydrogen-bond donors (Lipinski definition) is 8. The zero-order chi connectivity index (χ0) is 37.2. The molecule has 0 spiro atoms. The first-order valence-corrected chi connectivity index (χ1v) is 21.2. The van der Waals surface area contributed by atoms with Gasteiger partial charge in [0, 0.05) is 17.9 Å². The second kappa shape index (κ2) is 14.8. The van der Waals surface area contributed by atoms with Crippen molar-refractivity contribution in [2.45, 2.75) is 178 Å². The van der Waals surface area contributed by atoms with Crippen LogP contribution in [-0.2, 0) is 9.53 Å². The van der Waals surface area contributed by atoms with Crippen LogP contribution in [-0.4, -0.2) is 97.5 Å². The Morgan fingerprint density at radius 3 is 2.46 bits per heavy atom. The second-order valence-corrected chi connectivity index (χ2v) is 19.2. The summed E-state index contributed by atoms with van der Waals surface area (Å²) in [5.74, 6) is 0.276. The van der Waals surface area contributed by atoms with Crippen LogP contribution < -0.4 is 11.1 Å². The summed E-state index contributed by atoms with van der Waals surface area (Å²) in [6, 6.07) is 0. The van der Waals surface area contributed by atoms with Gasteiger partial charge in [0.1, 0.15) is 6.10 Å². The molecule has 6 fully saturated rings. The van der Waals surface area contributed by atoms with Crippen LogP contribution in [0.4, 0.5) is 0 Å². The summed E-state index contributed by atoms with van der Waals surface area (Å²) < 4.78 is 6.69. The molecule has 0 amide bonds. The number of rotatable bonds is 10. The zero-order valence-corrected chi connectivity index (χ0v) is 32.1. The smallest absolute Gasteiger partial charge is 0.159 e. The second-order valence-electron chi connectivity index (χ2n) is 19.2. The third-order valence-electron chi connectivity index (χ3n) is 16.8. The zero-order valence-electron chi connectivity index (χ0n) is 32.1. The van der Waals surface area contributed by atoms with Gasteiger partial charge in [0.05, 0.1) is 41.8 Å². The molecule has 0 radical (unpaired) electrons. The van der Waals surface area contributed by atoms with Gasteiger partial charge < -0.3 is 46.4 Å². The average molecular weight is 731 g/mol. The predicted octanol–water partition coefficient (Wildman–Crippen LogP) is 3.72. The van der Waals surface area contributed by atoms with Gasteiger partial charge in [-0.3, -0.25) is 4.79 Å². The minimum atomic E-state index is -1.61. The molecule has 5 aliphatic carbocycles. The summed E-state index contributed by atoms with van der Waals surface area (Å²) in [5.41, 5.74) is 2.15. The summed E-state index contributed by atoms with van der Waals surface area (Å²) in [5, 5.41) is 74.0. The monoisotopic (exact) mass is 731 g/mol. The summed E-state index contributed by atoms with van der Waals surface area (Å²) in [6.45, 7) is 6.74. The lowest BCUT2D eigenvalue weighted by molar-refractivity contribution is -0.206. The van der Waals surface area contributed by atoms with Gasteiger partial charge in [-0.1, -0.05) is 33.1 Å². The molecule has 52 heavy (non-hydrogen) atoms. The van der Waals surface area contributed by atoms with E-state index in [0.717, 1.165) is 51.0 Å². The van der Waals surface area contributed by atoms with E-state index in [1.54, 1.807) is 13.0 Å². The topological polar surface area (TPSA) is 186 Å². The van der Waals surface area contributed by atoms with E-state index in [1.807, 2.05) is 0 Å². The number of hydrogen-bond acceptors (Lipinski definition) is 10. The molecule has 17 atom stereocenters. The highest BCUT2D eigenvalue weighted by molar-refractivity contribution is 5.95. The van der Waals surface area contributed by atoms with Crippen LogP contribution in [0.2, 0.25) is 0 Å². The number of allylic oxidation sites excluding steroid dienone is 1. The Morgan fingerprint density at radius 2 is 1.75 bits per heavy atom. The Kier molecular flexibility index (Phi) is 11.2. The van der Waals surface area contributed by atoms with Gasteiger partial charge >= 0.3 is 0 Å². The number of nitrogens with one attached hydrogen (secondary N) is 1. The molecule has 0 aromatic heterocycles. The summed E-state index contributed by atoms with van der Waals surface area (Å²) in [4.78, 5) is 14.3. The molecular formula is C42H70N2O8. The molecule has 7 aliphatic rings. The Balaban J connectivity index is 1.17. The van der Waals surface area contributed by atoms with E-state index in [2.05, 4.69) is 19.2 Å². The quantitative estimate of drug-likeness (QED) is 0.165. The fourth-order valence-corrected chi connectivity index (χ4v) is 14.0. The van der Waals surface area contributed by atoms with Gasteiger partial charge in [-0.25, -0.2) is 0 Å². The minimum absolute atomic E-state index is 0.00618. The van der Waals surface area contributed by atoms with E-state index in [-0.39, 0.29) is 49.3 Å². The third-order valence-corrected chi connectivity index (χ3v) is 16.8. The number of aliphatic hydroxyl groups excluding tert-OH is 4. The maximum atomic E-state index is 14.3. The SMILES string of the molecule is CCC[C@H]1CC[C@@H]2[C@H](C)[C@H]([C@@H](O)[C@](C)(O)[C@@H]3CC[C@]4(O)C5=CC(=O)[C@H]6C[C@@H](O)[C@@H](O)C[C@]6(CCC6CCC(N)NC6)[C@@H]5CC[C@]34CCO)O[C@@H]2CC1. The van der Waals surface area contributed by atoms with Gasteiger partial charge in [0.25, 0.3) is 0 Å². The molecule has 2 heterocycles. The lowest BCUT2D eigenvalue weighted by Crippen LogP contribution is -2.65. The van der Waals surface area contributed by atoms with E-state index in [4.69, 9.17) is 10.5 Å². The van der Waals surface area contributed by atoms with Crippen LogP contribution >= 0.6 is 0 Å². The highest BCUT2D eigenvalue weighted by atomic mass is 16.5. The van der Waals surface area contributed by atoms with Crippen molar-refractivity contribution in [1.82, 2.24) is 5.32 Å². The van der Waals surface area contributed by atoms with Crippen LogP contribution in [0.15, 0.2) is 11.6 Å². The Labute approximate surface area is 311 Å². The number of fused-ring (bicyclic) bond motifs is 6. The van der Waals surface area contributed by atoms with Gasteiger partial charge in [-0.15, -0.1) is 0 Å². The standard InChI is InChI=1S/C42H70N2O8/c1-4-5-25-6-9-27-24(2)37(52-34(27)10-7-25)38(49)39(3,50)35-14-17-42(51)29-20-31(46)30-21-32(47)33(48)22-40(30,15-12-26-8-11-36(43)44-23-26)28(29)13-16-41(35,42)18-19-45/h20,24-28,30,32-38,44-45,47-51H,4-19,21-23,43H2,1-3H3/t24-,25-,26?,27+,28+,30+,32+,33-,34+,35-,36?,37+,38+,39+,40+,41-,42-/m0/s1. The molecule has 10 nitrogen and oxygen atoms in total. The number of carbonyl (C=O) groups is 1. The maximum Gasteiger partial charge on any atom is 0.159 e. The van der Waals surface area contributed by atoms with Gasteiger partial charge in [-0.2, -0.15) is 0 Å². The van der Waals surface area contributed by atoms with E-state index in [9.17, 15) is 35.4 Å². The van der Waals surface area contributed by atoms with Gasteiger partial charge in [-0.05, 0) is 156 Å². The molecule has 0 aromatic carbocycles. The van der Waals surface area contributed by atoms with E-state index in [1.165, 1.54) is 19.3 Å². The summed E-state index contributed by atoms with van der Waals surface area (Å²) in [7, 11) is 0. The van der Waals surface area contributed by atoms with Gasteiger partial charge in [0.15, 0.2) is 5.78 Å². The van der Waals surface area contributed by atoms with Crippen molar-refractivity contribution in [3.8, 4) is 0 Å².